The van der Waals surface area contributed by atoms with Crippen molar-refractivity contribution in [3.8, 4) is 0 Å². The van der Waals surface area contributed by atoms with Gasteiger partial charge in [-0.15, -0.1) is 0 Å². The molecule has 2 N–H and O–H groups in total. The molecule has 3 nitrogen and oxygen atoms in total. The van der Waals surface area contributed by atoms with Crippen molar-refractivity contribution in [3.63, 3.8) is 0 Å². The molecule has 0 aliphatic heterocycles. The van der Waals surface area contributed by atoms with Crippen molar-refractivity contribution >= 4 is 23.3 Å². The van der Waals surface area contributed by atoms with Gasteiger partial charge in [0.2, 0.25) is 0 Å². The van der Waals surface area contributed by atoms with E-state index in [1.165, 1.54) is 12.1 Å². The summed E-state index contributed by atoms with van der Waals surface area (Å²) in [6.07, 6.45) is 0. The van der Waals surface area contributed by atoms with Gasteiger partial charge in [-0.2, -0.15) is 0 Å². The molecule has 0 fully saturated rings. The summed E-state index contributed by atoms with van der Waals surface area (Å²) in [7, 11) is 0. The maximum absolute atomic E-state index is 13.3. The standard InChI is InChI=1S/C16H15ClFNO2/c1-9-6-10(2)14(19)7-12(9)16(20)21-8-11-4-3-5-13(18)15(11)17/h3-7H,8,19H2,1-2H3. The van der Waals surface area contributed by atoms with E-state index in [4.69, 9.17) is 22.1 Å². The highest BCUT2D eigenvalue weighted by Crippen LogP contribution is 2.22. The van der Waals surface area contributed by atoms with Crippen LogP contribution < -0.4 is 5.73 Å². The van der Waals surface area contributed by atoms with Gasteiger partial charge in [-0.25, -0.2) is 9.18 Å². The lowest BCUT2D eigenvalue weighted by atomic mass is 10.0. The van der Waals surface area contributed by atoms with E-state index in [0.29, 0.717) is 16.8 Å². The van der Waals surface area contributed by atoms with Crippen LogP contribution in [0, 0.1) is 19.7 Å². The van der Waals surface area contributed by atoms with E-state index in [0.717, 1.165) is 11.1 Å². The highest BCUT2D eigenvalue weighted by molar-refractivity contribution is 6.31. The molecule has 0 saturated carbocycles. The monoisotopic (exact) mass is 307 g/mol. The van der Waals surface area contributed by atoms with Gasteiger partial charge >= 0.3 is 5.97 Å². The van der Waals surface area contributed by atoms with Crippen molar-refractivity contribution in [1.82, 2.24) is 0 Å². The predicted molar refractivity (Wildman–Crippen MR) is 80.9 cm³/mol. The average Bonchev–Trinajstić information content (AvgIpc) is 2.44. The minimum Gasteiger partial charge on any atom is -0.457 e. The van der Waals surface area contributed by atoms with Crippen LogP contribution in [0.25, 0.3) is 0 Å². The SMILES string of the molecule is Cc1cc(C)c(C(=O)OCc2cccc(F)c2Cl)cc1N. The molecule has 0 spiro atoms. The maximum atomic E-state index is 13.3. The Hall–Kier alpha value is -2.07. The smallest absolute Gasteiger partial charge is 0.338 e. The number of ether oxygens (including phenoxy) is 1. The van der Waals surface area contributed by atoms with E-state index in [2.05, 4.69) is 0 Å². The number of benzene rings is 2. The molecule has 0 amide bonds. The van der Waals surface area contributed by atoms with Crippen LogP contribution in [-0.2, 0) is 11.3 Å². The Morgan fingerprint density at radius 1 is 1.29 bits per heavy atom. The van der Waals surface area contributed by atoms with Crippen LogP contribution in [0.1, 0.15) is 27.0 Å². The zero-order chi connectivity index (χ0) is 15.6. The van der Waals surface area contributed by atoms with Crippen molar-refractivity contribution in [2.75, 3.05) is 5.73 Å². The Bertz CT molecular complexity index is 701. The molecule has 0 radical (unpaired) electrons. The van der Waals surface area contributed by atoms with Gasteiger partial charge in [-0.3, -0.25) is 0 Å². The summed E-state index contributed by atoms with van der Waals surface area (Å²) < 4.78 is 18.5. The Labute approximate surface area is 127 Å². The largest absolute Gasteiger partial charge is 0.457 e. The minimum atomic E-state index is -0.541. The number of aryl methyl sites for hydroxylation is 2. The van der Waals surface area contributed by atoms with Gasteiger partial charge in [0.25, 0.3) is 0 Å². The third-order valence-corrected chi connectivity index (χ3v) is 3.65. The number of nitrogen functional groups attached to an aromatic ring is 1. The molecule has 0 unspecified atom stereocenters. The quantitative estimate of drug-likeness (QED) is 0.688. The molecule has 5 heteroatoms. The van der Waals surface area contributed by atoms with E-state index in [-0.39, 0.29) is 11.6 Å². The molecule has 110 valence electrons. The van der Waals surface area contributed by atoms with Crippen molar-refractivity contribution < 1.29 is 13.9 Å². The average molecular weight is 308 g/mol. The number of esters is 1. The first-order valence-electron chi connectivity index (χ1n) is 6.37. The summed E-state index contributed by atoms with van der Waals surface area (Å²) in [6, 6.07) is 7.77. The lowest BCUT2D eigenvalue weighted by Gasteiger charge is -2.10. The molecule has 0 heterocycles. The third kappa shape index (κ3) is 3.34. The van der Waals surface area contributed by atoms with Crippen LogP contribution in [0.3, 0.4) is 0 Å². The van der Waals surface area contributed by atoms with Gasteiger partial charge < -0.3 is 10.5 Å². The second-order valence-corrected chi connectivity index (χ2v) is 5.19. The van der Waals surface area contributed by atoms with Crippen molar-refractivity contribution in [1.29, 1.82) is 0 Å². The van der Waals surface area contributed by atoms with Crippen LogP contribution in [0.15, 0.2) is 30.3 Å². The Balaban J connectivity index is 2.16. The number of nitrogens with two attached hydrogens (primary N) is 1. The number of rotatable bonds is 3. The summed E-state index contributed by atoms with van der Waals surface area (Å²) in [4.78, 5) is 12.1. The lowest BCUT2D eigenvalue weighted by Crippen LogP contribution is -2.09. The van der Waals surface area contributed by atoms with Crippen molar-refractivity contribution in [2.24, 2.45) is 0 Å². The minimum absolute atomic E-state index is 0.0366. The summed E-state index contributed by atoms with van der Waals surface area (Å²) in [5, 5.41) is -0.0366. The van der Waals surface area contributed by atoms with Crippen molar-refractivity contribution in [2.45, 2.75) is 20.5 Å². The molecular formula is C16H15ClFNO2. The van der Waals surface area contributed by atoms with Gasteiger partial charge in [0.1, 0.15) is 12.4 Å². The first-order valence-corrected chi connectivity index (χ1v) is 6.74. The summed E-state index contributed by atoms with van der Waals surface area (Å²) in [6.45, 7) is 3.57. The van der Waals surface area contributed by atoms with E-state index in [9.17, 15) is 9.18 Å². The first-order chi connectivity index (χ1) is 9.90. The highest BCUT2D eigenvalue weighted by atomic mass is 35.5. The van der Waals surface area contributed by atoms with Crippen molar-refractivity contribution in [3.05, 3.63) is 63.4 Å². The van der Waals surface area contributed by atoms with Crippen LogP contribution in [0.2, 0.25) is 5.02 Å². The number of hydrogen-bond donors (Lipinski definition) is 1. The summed E-state index contributed by atoms with van der Waals surface area (Å²) in [5.41, 5.74) is 8.81. The third-order valence-electron chi connectivity index (χ3n) is 3.22. The van der Waals surface area contributed by atoms with E-state index in [1.54, 1.807) is 19.1 Å². The molecule has 2 aromatic rings. The zero-order valence-electron chi connectivity index (χ0n) is 11.7. The molecule has 0 atom stereocenters. The predicted octanol–water partition coefficient (Wildman–Crippen LogP) is 4.04. The number of anilines is 1. The Morgan fingerprint density at radius 3 is 2.71 bits per heavy atom. The van der Waals surface area contributed by atoms with E-state index >= 15 is 0 Å². The Morgan fingerprint density at radius 2 is 2.00 bits per heavy atom. The topological polar surface area (TPSA) is 52.3 Å². The lowest BCUT2D eigenvalue weighted by molar-refractivity contribution is 0.0471. The molecule has 0 aromatic heterocycles. The number of halogens is 2. The second-order valence-electron chi connectivity index (χ2n) is 4.81. The molecule has 0 saturated heterocycles. The first kappa shape index (κ1) is 15.3. The fraction of sp³-hybridized carbons (Fsp3) is 0.188. The van der Waals surface area contributed by atoms with Gasteiger partial charge in [0.15, 0.2) is 0 Å². The van der Waals surface area contributed by atoms with E-state index < -0.39 is 11.8 Å². The normalized spacial score (nSPS) is 10.5. The zero-order valence-corrected chi connectivity index (χ0v) is 12.5. The van der Waals surface area contributed by atoms with E-state index in [1.807, 2.05) is 13.0 Å². The van der Waals surface area contributed by atoms with Crippen LogP contribution in [0.4, 0.5) is 10.1 Å². The highest BCUT2D eigenvalue weighted by Gasteiger charge is 2.14. The molecule has 0 bridgehead atoms. The fourth-order valence-electron chi connectivity index (χ4n) is 1.97. The Kier molecular flexibility index (Phi) is 4.48. The molecular weight excluding hydrogens is 293 g/mol. The van der Waals surface area contributed by atoms with Gasteiger partial charge in [-0.1, -0.05) is 29.8 Å². The second kappa shape index (κ2) is 6.14. The molecule has 2 aromatic carbocycles. The molecule has 0 aliphatic carbocycles. The number of hydrogen-bond acceptors (Lipinski definition) is 3. The summed E-state index contributed by atoms with van der Waals surface area (Å²) >= 11 is 5.81. The molecule has 21 heavy (non-hydrogen) atoms. The van der Waals surface area contributed by atoms with Gasteiger partial charge in [0.05, 0.1) is 10.6 Å². The van der Waals surface area contributed by atoms with Crippen LogP contribution in [0.5, 0.6) is 0 Å². The van der Waals surface area contributed by atoms with Crippen LogP contribution >= 0.6 is 11.6 Å². The summed E-state index contributed by atoms with van der Waals surface area (Å²) in [5.74, 6) is -1.06. The molecule has 2 rings (SSSR count). The van der Waals surface area contributed by atoms with Crippen LogP contribution in [-0.4, -0.2) is 5.97 Å². The van der Waals surface area contributed by atoms with Gasteiger partial charge in [-0.05, 0) is 37.1 Å². The maximum Gasteiger partial charge on any atom is 0.338 e. The van der Waals surface area contributed by atoms with Gasteiger partial charge in [0, 0.05) is 11.3 Å². The molecule has 0 aliphatic rings. The number of carbonyl (C=O) groups is 1. The number of carbonyl (C=O) groups excluding carboxylic acids is 1. The fourth-order valence-corrected chi connectivity index (χ4v) is 2.15.